The van der Waals surface area contributed by atoms with Crippen LogP contribution in [0.2, 0.25) is 0 Å². The van der Waals surface area contributed by atoms with Crippen molar-refractivity contribution in [2.75, 3.05) is 0 Å². The molecule has 2 unspecified atom stereocenters. The van der Waals surface area contributed by atoms with E-state index in [1.807, 2.05) is 0 Å². The lowest BCUT2D eigenvalue weighted by Gasteiger charge is -2.13. The molecule has 0 aromatic rings. The van der Waals surface area contributed by atoms with Crippen molar-refractivity contribution < 1.29 is 4.79 Å². The number of rotatable bonds is 0. The summed E-state index contributed by atoms with van der Waals surface area (Å²) < 4.78 is 0. The maximum absolute atomic E-state index is 11.4. The number of hydrogen-bond acceptors (Lipinski definition) is 1. The Labute approximate surface area is 68.2 Å². The second-order valence-corrected chi connectivity index (χ2v) is 4.11. The minimum Gasteiger partial charge on any atom is -0.299 e. The van der Waals surface area contributed by atoms with Crippen molar-refractivity contribution in [1.29, 1.82) is 0 Å². The van der Waals surface area contributed by atoms with E-state index in [9.17, 15) is 4.79 Å². The van der Waals surface area contributed by atoms with Gasteiger partial charge < -0.3 is 0 Å². The van der Waals surface area contributed by atoms with Gasteiger partial charge in [-0.3, -0.25) is 4.79 Å². The zero-order chi connectivity index (χ0) is 7.68. The second kappa shape index (κ2) is 2.96. The fraction of sp³-hybridized carbons (Fsp3) is 0.900. The number of hydrogen-bond donors (Lipinski definition) is 0. The van der Waals surface area contributed by atoms with Crippen LogP contribution in [0.1, 0.15) is 44.9 Å². The summed E-state index contributed by atoms with van der Waals surface area (Å²) in [7, 11) is 0. The van der Waals surface area contributed by atoms with Crippen LogP contribution < -0.4 is 0 Å². The highest BCUT2D eigenvalue weighted by molar-refractivity contribution is 5.83. The Bertz CT molecular complexity index is 162. The first-order valence-electron chi connectivity index (χ1n) is 4.89. The highest BCUT2D eigenvalue weighted by atomic mass is 16.1. The molecule has 0 aromatic heterocycles. The lowest BCUT2D eigenvalue weighted by molar-refractivity contribution is -0.120. The predicted molar refractivity (Wildman–Crippen MR) is 44.3 cm³/mol. The average molecular weight is 152 g/mol. The molecule has 1 nitrogen and oxygen atoms in total. The van der Waals surface area contributed by atoms with Crippen molar-refractivity contribution >= 4 is 5.78 Å². The molecule has 2 bridgehead atoms. The fourth-order valence-electron chi connectivity index (χ4n) is 2.57. The first kappa shape index (κ1) is 7.33. The van der Waals surface area contributed by atoms with Crippen LogP contribution in [0.25, 0.3) is 0 Å². The van der Waals surface area contributed by atoms with E-state index in [0.29, 0.717) is 11.7 Å². The van der Waals surface area contributed by atoms with Crippen LogP contribution in [0.3, 0.4) is 0 Å². The molecule has 11 heavy (non-hydrogen) atoms. The third-order valence-corrected chi connectivity index (χ3v) is 3.23. The van der Waals surface area contributed by atoms with Crippen molar-refractivity contribution in [2.24, 2.45) is 11.8 Å². The average Bonchev–Trinajstić information content (AvgIpc) is 2.27. The zero-order valence-corrected chi connectivity index (χ0v) is 7.01. The summed E-state index contributed by atoms with van der Waals surface area (Å²) >= 11 is 0. The van der Waals surface area contributed by atoms with Gasteiger partial charge in [0.05, 0.1) is 0 Å². The van der Waals surface area contributed by atoms with E-state index in [1.54, 1.807) is 0 Å². The van der Waals surface area contributed by atoms with Crippen molar-refractivity contribution in [3.63, 3.8) is 0 Å². The second-order valence-electron chi connectivity index (χ2n) is 4.11. The minimum absolute atomic E-state index is 0.472. The highest BCUT2D eigenvalue weighted by Gasteiger charge is 2.32. The highest BCUT2D eigenvalue weighted by Crippen LogP contribution is 2.36. The van der Waals surface area contributed by atoms with Gasteiger partial charge in [0.25, 0.3) is 0 Å². The molecule has 1 heteroatoms. The first-order chi connectivity index (χ1) is 5.36. The van der Waals surface area contributed by atoms with E-state index >= 15 is 0 Å². The largest absolute Gasteiger partial charge is 0.299 e. The van der Waals surface area contributed by atoms with Crippen LogP contribution in [0.15, 0.2) is 0 Å². The molecule has 2 aliphatic rings. The summed E-state index contributed by atoms with van der Waals surface area (Å²) in [4.78, 5) is 11.4. The molecule has 0 aliphatic heterocycles. The lowest BCUT2D eigenvalue weighted by atomic mass is 9.91. The number of ketones is 1. The molecule has 2 fully saturated rings. The van der Waals surface area contributed by atoms with Crippen LogP contribution in [0, 0.1) is 11.8 Å². The maximum Gasteiger partial charge on any atom is 0.136 e. The topological polar surface area (TPSA) is 17.1 Å². The molecule has 0 heterocycles. The number of fused-ring (bicyclic) bond motifs is 2. The number of carbonyl (C=O) groups excluding carboxylic acids is 1. The van der Waals surface area contributed by atoms with Gasteiger partial charge in [0.15, 0.2) is 0 Å². The van der Waals surface area contributed by atoms with E-state index in [-0.39, 0.29) is 0 Å². The standard InChI is InChI=1S/C10H16O/c11-10-7-8-4-2-1-3-5-9(10)6-8/h8-9H,1-7H2. The first-order valence-corrected chi connectivity index (χ1v) is 4.89. The third-order valence-electron chi connectivity index (χ3n) is 3.23. The van der Waals surface area contributed by atoms with Gasteiger partial charge in [-0.2, -0.15) is 0 Å². The van der Waals surface area contributed by atoms with Gasteiger partial charge in [-0.05, 0) is 18.8 Å². The SMILES string of the molecule is O=C1CC2CCCCCC1C2. The Hall–Kier alpha value is -0.330. The summed E-state index contributed by atoms with van der Waals surface area (Å²) in [6, 6.07) is 0. The molecule has 0 spiro atoms. The van der Waals surface area contributed by atoms with E-state index in [0.717, 1.165) is 12.3 Å². The molecule has 0 radical (unpaired) electrons. The summed E-state index contributed by atoms with van der Waals surface area (Å²) in [5, 5.41) is 0. The molecule has 62 valence electrons. The molecular formula is C10H16O. The van der Waals surface area contributed by atoms with Gasteiger partial charge in [0, 0.05) is 12.3 Å². The molecule has 2 aliphatic carbocycles. The van der Waals surface area contributed by atoms with E-state index in [1.165, 1.54) is 38.5 Å². The molecule has 0 saturated heterocycles. The lowest BCUT2D eigenvalue weighted by Crippen LogP contribution is -2.06. The Kier molecular flexibility index (Phi) is 1.97. The van der Waals surface area contributed by atoms with Crippen LogP contribution in [0.4, 0.5) is 0 Å². The van der Waals surface area contributed by atoms with Gasteiger partial charge in [0.1, 0.15) is 5.78 Å². The summed E-state index contributed by atoms with van der Waals surface area (Å²) in [6.07, 6.45) is 8.66. The number of carbonyl (C=O) groups is 1. The smallest absolute Gasteiger partial charge is 0.136 e. The molecule has 0 N–H and O–H groups in total. The van der Waals surface area contributed by atoms with Gasteiger partial charge in [-0.25, -0.2) is 0 Å². The van der Waals surface area contributed by atoms with Crippen LogP contribution in [0.5, 0.6) is 0 Å². The molecule has 2 saturated carbocycles. The molecular weight excluding hydrogens is 136 g/mol. The van der Waals surface area contributed by atoms with Gasteiger partial charge in [-0.1, -0.05) is 25.7 Å². The van der Waals surface area contributed by atoms with E-state index in [2.05, 4.69) is 0 Å². The van der Waals surface area contributed by atoms with Gasteiger partial charge in [-0.15, -0.1) is 0 Å². The summed E-state index contributed by atoms with van der Waals surface area (Å²) in [5.41, 5.74) is 0. The van der Waals surface area contributed by atoms with Crippen molar-refractivity contribution in [3.05, 3.63) is 0 Å². The quantitative estimate of drug-likeness (QED) is 0.521. The van der Waals surface area contributed by atoms with Crippen LogP contribution in [-0.4, -0.2) is 5.78 Å². The minimum atomic E-state index is 0.472. The third kappa shape index (κ3) is 1.47. The molecule has 0 aromatic carbocycles. The fourth-order valence-corrected chi connectivity index (χ4v) is 2.57. The van der Waals surface area contributed by atoms with Gasteiger partial charge >= 0.3 is 0 Å². The zero-order valence-electron chi connectivity index (χ0n) is 7.01. The normalized spacial score (nSPS) is 38.4. The predicted octanol–water partition coefficient (Wildman–Crippen LogP) is 2.55. The van der Waals surface area contributed by atoms with Crippen molar-refractivity contribution in [3.8, 4) is 0 Å². The van der Waals surface area contributed by atoms with Crippen LogP contribution in [-0.2, 0) is 4.79 Å². The van der Waals surface area contributed by atoms with E-state index in [4.69, 9.17) is 0 Å². The van der Waals surface area contributed by atoms with Gasteiger partial charge in [0.2, 0.25) is 0 Å². The Morgan fingerprint density at radius 3 is 2.82 bits per heavy atom. The summed E-state index contributed by atoms with van der Waals surface area (Å²) in [6.45, 7) is 0. The molecule has 2 rings (SSSR count). The van der Waals surface area contributed by atoms with Crippen molar-refractivity contribution in [2.45, 2.75) is 44.9 Å². The number of Topliss-reactive ketones (excluding diaryl/α,β-unsaturated/α-hetero) is 1. The Balaban J connectivity index is 2.03. The Morgan fingerprint density at radius 2 is 1.91 bits per heavy atom. The monoisotopic (exact) mass is 152 g/mol. The Morgan fingerprint density at radius 1 is 1.09 bits per heavy atom. The summed E-state index contributed by atoms with van der Waals surface area (Å²) in [5.74, 6) is 1.81. The van der Waals surface area contributed by atoms with Crippen LogP contribution >= 0.6 is 0 Å². The maximum atomic E-state index is 11.4. The molecule has 0 amide bonds. The van der Waals surface area contributed by atoms with Crippen molar-refractivity contribution in [1.82, 2.24) is 0 Å². The van der Waals surface area contributed by atoms with E-state index < -0.39 is 0 Å². The molecule has 2 atom stereocenters.